The number of sulfonamides is 1. The molecule has 1 amide bonds. The summed E-state index contributed by atoms with van der Waals surface area (Å²) in [4.78, 5) is 13.9. The van der Waals surface area contributed by atoms with Gasteiger partial charge in [-0.1, -0.05) is 11.6 Å². The van der Waals surface area contributed by atoms with Crippen LogP contribution in [0.15, 0.2) is 18.2 Å². The Bertz CT molecular complexity index is 660. The summed E-state index contributed by atoms with van der Waals surface area (Å²) in [6, 6.07) is 4.09. The van der Waals surface area contributed by atoms with Gasteiger partial charge in [-0.05, 0) is 26.0 Å². The quantitative estimate of drug-likeness (QED) is 0.825. The summed E-state index contributed by atoms with van der Waals surface area (Å²) < 4.78 is 38.4. The van der Waals surface area contributed by atoms with Gasteiger partial charge in [0.15, 0.2) is 0 Å². The molecule has 116 valence electrons. The monoisotopic (exact) mass is 314 g/mol. The molecule has 2 rings (SSSR count). The molecular weight excluding hydrogens is 295 g/mol. The topological polar surface area (TPSA) is 57.7 Å². The van der Waals surface area contributed by atoms with Gasteiger partial charge in [-0.2, -0.15) is 4.31 Å². The fourth-order valence-electron chi connectivity index (χ4n) is 2.59. The molecule has 0 aromatic heterocycles. The van der Waals surface area contributed by atoms with Gasteiger partial charge in [0.05, 0.1) is 11.8 Å². The minimum atomic E-state index is -3.28. The van der Waals surface area contributed by atoms with E-state index in [1.54, 1.807) is 19.9 Å². The van der Waals surface area contributed by atoms with Crippen molar-refractivity contribution in [1.82, 2.24) is 9.21 Å². The summed E-state index contributed by atoms with van der Waals surface area (Å²) in [5, 5.41) is 0. The van der Waals surface area contributed by atoms with Crippen molar-refractivity contribution in [2.45, 2.75) is 19.9 Å². The minimum absolute atomic E-state index is 0.0370. The first-order valence-electron chi connectivity index (χ1n) is 6.72. The molecule has 0 unspecified atom stereocenters. The third-order valence-corrected chi connectivity index (χ3v) is 5.03. The standard InChI is InChI=1S/C14H19FN2O3S/c1-10-4-5-13(15)12(8-10)14(18)16-6-7-17(11(2)9-16)21(3,19)20/h4-5,8,11H,6-7,9H2,1-3H3/t11-/m0/s1. The predicted octanol–water partition coefficient (Wildman–Crippen LogP) is 1.24. The molecule has 1 aromatic rings. The predicted molar refractivity (Wildman–Crippen MR) is 78.1 cm³/mol. The van der Waals surface area contributed by atoms with Gasteiger partial charge in [-0.3, -0.25) is 4.79 Å². The number of hydrogen-bond acceptors (Lipinski definition) is 3. The minimum Gasteiger partial charge on any atom is -0.336 e. The van der Waals surface area contributed by atoms with Gasteiger partial charge in [-0.15, -0.1) is 0 Å². The Labute approximate surface area is 124 Å². The number of piperazine rings is 1. The van der Waals surface area contributed by atoms with E-state index in [1.165, 1.54) is 21.3 Å². The number of benzene rings is 1. The first-order chi connectivity index (χ1) is 9.70. The fourth-order valence-corrected chi connectivity index (χ4v) is 3.73. The Kier molecular flexibility index (Phi) is 4.34. The van der Waals surface area contributed by atoms with Crippen LogP contribution in [0.2, 0.25) is 0 Å². The van der Waals surface area contributed by atoms with E-state index in [2.05, 4.69) is 0 Å². The maximum Gasteiger partial charge on any atom is 0.256 e. The number of nitrogens with zero attached hydrogens (tertiary/aromatic N) is 2. The van der Waals surface area contributed by atoms with E-state index in [9.17, 15) is 17.6 Å². The van der Waals surface area contributed by atoms with E-state index < -0.39 is 21.7 Å². The third kappa shape index (κ3) is 3.41. The van der Waals surface area contributed by atoms with Gasteiger partial charge in [0.2, 0.25) is 10.0 Å². The SMILES string of the molecule is Cc1ccc(F)c(C(=O)N2CCN(S(C)(=O)=O)[C@@H](C)C2)c1. The summed E-state index contributed by atoms with van der Waals surface area (Å²) >= 11 is 0. The number of carbonyl (C=O) groups excluding carboxylic acids is 1. The highest BCUT2D eigenvalue weighted by Gasteiger charge is 2.32. The Morgan fingerprint density at radius 1 is 1.33 bits per heavy atom. The second kappa shape index (κ2) is 5.73. The molecule has 1 atom stereocenters. The van der Waals surface area contributed by atoms with Crippen molar-refractivity contribution < 1.29 is 17.6 Å². The van der Waals surface area contributed by atoms with Crippen molar-refractivity contribution in [3.05, 3.63) is 35.1 Å². The Balaban J connectivity index is 2.18. The molecule has 0 aliphatic carbocycles. The molecule has 0 bridgehead atoms. The Morgan fingerprint density at radius 2 is 2.00 bits per heavy atom. The molecule has 1 aromatic carbocycles. The van der Waals surface area contributed by atoms with E-state index in [-0.39, 0.29) is 31.2 Å². The lowest BCUT2D eigenvalue weighted by molar-refractivity contribution is 0.0638. The average molecular weight is 314 g/mol. The highest BCUT2D eigenvalue weighted by atomic mass is 32.2. The van der Waals surface area contributed by atoms with E-state index in [0.717, 1.165) is 11.8 Å². The van der Waals surface area contributed by atoms with Crippen molar-refractivity contribution in [2.75, 3.05) is 25.9 Å². The summed E-state index contributed by atoms with van der Waals surface area (Å²) in [5.74, 6) is -0.944. The van der Waals surface area contributed by atoms with Gasteiger partial charge in [0.1, 0.15) is 5.82 Å². The molecule has 21 heavy (non-hydrogen) atoms. The van der Waals surface area contributed by atoms with Crippen LogP contribution in [0, 0.1) is 12.7 Å². The average Bonchev–Trinajstić information content (AvgIpc) is 2.39. The second-order valence-electron chi connectivity index (χ2n) is 5.46. The molecular formula is C14H19FN2O3S. The van der Waals surface area contributed by atoms with Crippen LogP contribution in [0.1, 0.15) is 22.8 Å². The number of rotatable bonds is 2. The summed E-state index contributed by atoms with van der Waals surface area (Å²) in [5.41, 5.74) is 0.845. The molecule has 1 aliphatic rings. The van der Waals surface area contributed by atoms with Crippen LogP contribution in [-0.2, 0) is 10.0 Å². The molecule has 5 nitrogen and oxygen atoms in total. The Hall–Kier alpha value is -1.47. The number of carbonyl (C=O) groups is 1. The van der Waals surface area contributed by atoms with Gasteiger partial charge < -0.3 is 4.90 Å². The van der Waals surface area contributed by atoms with E-state index in [0.29, 0.717) is 0 Å². The normalized spacial score (nSPS) is 20.6. The van der Waals surface area contributed by atoms with Crippen molar-refractivity contribution >= 4 is 15.9 Å². The highest BCUT2D eigenvalue weighted by molar-refractivity contribution is 7.88. The lowest BCUT2D eigenvalue weighted by atomic mass is 10.1. The van der Waals surface area contributed by atoms with Crippen LogP contribution < -0.4 is 0 Å². The van der Waals surface area contributed by atoms with Gasteiger partial charge >= 0.3 is 0 Å². The zero-order valence-corrected chi connectivity index (χ0v) is 13.2. The zero-order valence-electron chi connectivity index (χ0n) is 12.3. The molecule has 1 fully saturated rings. The first kappa shape index (κ1) is 15.9. The van der Waals surface area contributed by atoms with Crippen molar-refractivity contribution in [3.63, 3.8) is 0 Å². The summed E-state index contributed by atoms with van der Waals surface area (Å²) in [6.45, 7) is 4.30. The second-order valence-corrected chi connectivity index (χ2v) is 7.39. The third-order valence-electron chi connectivity index (χ3n) is 3.63. The van der Waals surface area contributed by atoms with E-state index in [4.69, 9.17) is 0 Å². The Morgan fingerprint density at radius 3 is 2.57 bits per heavy atom. The highest BCUT2D eigenvalue weighted by Crippen LogP contribution is 2.18. The fraction of sp³-hybridized carbons (Fsp3) is 0.500. The lowest BCUT2D eigenvalue weighted by Crippen LogP contribution is -2.55. The van der Waals surface area contributed by atoms with Crippen LogP contribution >= 0.6 is 0 Å². The van der Waals surface area contributed by atoms with Crippen molar-refractivity contribution in [2.24, 2.45) is 0 Å². The molecule has 7 heteroatoms. The van der Waals surface area contributed by atoms with Crippen LogP contribution in [0.25, 0.3) is 0 Å². The van der Waals surface area contributed by atoms with E-state index in [1.807, 2.05) is 0 Å². The lowest BCUT2D eigenvalue weighted by Gasteiger charge is -2.38. The molecule has 1 saturated heterocycles. The number of hydrogen-bond donors (Lipinski definition) is 0. The van der Waals surface area contributed by atoms with E-state index >= 15 is 0 Å². The molecule has 1 aliphatic heterocycles. The maximum absolute atomic E-state index is 13.8. The van der Waals surface area contributed by atoms with Crippen molar-refractivity contribution in [1.29, 1.82) is 0 Å². The van der Waals surface area contributed by atoms with Gasteiger partial charge in [-0.25, -0.2) is 12.8 Å². The smallest absolute Gasteiger partial charge is 0.256 e. The molecule has 0 spiro atoms. The summed E-state index contributed by atoms with van der Waals surface area (Å²) in [6.07, 6.45) is 1.15. The number of amides is 1. The van der Waals surface area contributed by atoms with Crippen LogP contribution in [0.3, 0.4) is 0 Å². The molecule has 1 heterocycles. The van der Waals surface area contributed by atoms with Crippen LogP contribution in [-0.4, -0.2) is 55.5 Å². The van der Waals surface area contributed by atoms with Crippen molar-refractivity contribution in [3.8, 4) is 0 Å². The van der Waals surface area contributed by atoms with Gasteiger partial charge in [0.25, 0.3) is 5.91 Å². The molecule has 0 saturated carbocycles. The largest absolute Gasteiger partial charge is 0.336 e. The number of aryl methyl sites for hydroxylation is 1. The first-order valence-corrected chi connectivity index (χ1v) is 8.57. The van der Waals surface area contributed by atoms with Crippen LogP contribution in [0.5, 0.6) is 0 Å². The number of halogens is 1. The van der Waals surface area contributed by atoms with Crippen LogP contribution in [0.4, 0.5) is 4.39 Å². The molecule has 0 N–H and O–H groups in total. The zero-order chi connectivity index (χ0) is 15.8. The summed E-state index contributed by atoms with van der Waals surface area (Å²) in [7, 11) is -3.28. The maximum atomic E-state index is 13.8. The van der Waals surface area contributed by atoms with Gasteiger partial charge in [0, 0.05) is 25.7 Å². The molecule has 0 radical (unpaired) electrons.